The van der Waals surface area contributed by atoms with Gasteiger partial charge in [0.05, 0.1) is 0 Å². The number of rotatable bonds is 2. The Morgan fingerprint density at radius 2 is 1.89 bits per heavy atom. The topological polar surface area (TPSA) is 40.5 Å². The molecule has 0 aliphatic heterocycles. The third kappa shape index (κ3) is 3.09. The van der Waals surface area contributed by atoms with Crippen molar-refractivity contribution in [3.63, 3.8) is 0 Å². The van der Waals surface area contributed by atoms with Crippen molar-refractivity contribution in [1.29, 1.82) is 0 Å². The number of hydrogen-bond donors (Lipinski definition) is 1. The van der Waals surface area contributed by atoms with Crippen LogP contribution in [-0.4, -0.2) is 29.0 Å². The second-order valence-corrected chi connectivity index (χ2v) is 5.83. The molecule has 1 amide bonds. The summed E-state index contributed by atoms with van der Waals surface area (Å²) in [6.45, 7) is 4.14. The van der Waals surface area contributed by atoms with Crippen LogP contribution >= 0.6 is 0 Å². The molecule has 1 saturated carbocycles. The Hall–Kier alpha value is -1.51. The van der Waals surface area contributed by atoms with Crippen molar-refractivity contribution in [2.24, 2.45) is 5.92 Å². The maximum Gasteiger partial charge on any atom is 0.254 e. The summed E-state index contributed by atoms with van der Waals surface area (Å²) in [6.07, 6.45) is 4.61. The lowest BCUT2D eigenvalue weighted by molar-refractivity contribution is 0.0679. The van der Waals surface area contributed by atoms with Crippen molar-refractivity contribution in [3.05, 3.63) is 29.3 Å². The van der Waals surface area contributed by atoms with E-state index in [4.69, 9.17) is 0 Å². The highest BCUT2D eigenvalue weighted by molar-refractivity contribution is 5.95. The third-order valence-electron chi connectivity index (χ3n) is 4.29. The van der Waals surface area contributed by atoms with Crippen molar-refractivity contribution in [3.8, 4) is 5.75 Å². The molecular formula is C16H23NO2. The van der Waals surface area contributed by atoms with Crippen LogP contribution in [0.15, 0.2) is 18.2 Å². The minimum atomic E-state index is 0.0667. The van der Waals surface area contributed by atoms with Crippen LogP contribution in [0.5, 0.6) is 5.75 Å². The number of phenols is 1. The summed E-state index contributed by atoms with van der Waals surface area (Å²) in [5.41, 5.74) is 1.53. The summed E-state index contributed by atoms with van der Waals surface area (Å²) in [7, 11) is 1.90. The van der Waals surface area contributed by atoms with Gasteiger partial charge in [-0.3, -0.25) is 4.79 Å². The van der Waals surface area contributed by atoms with E-state index in [2.05, 4.69) is 6.92 Å². The van der Waals surface area contributed by atoms with Crippen molar-refractivity contribution >= 4 is 5.91 Å². The normalized spacial score (nSPS) is 23.1. The summed E-state index contributed by atoms with van der Waals surface area (Å²) >= 11 is 0. The van der Waals surface area contributed by atoms with Gasteiger partial charge in [0, 0.05) is 18.7 Å². The molecule has 1 N–H and O–H groups in total. The van der Waals surface area contributed by atoms with Crippen LogP contribution in [0.2, 0.25) is 0 Å². The van der Waals surface area contributed by atoms with Gasteiger partial charge in [-0.15, -0.1) is 0 Å². The van der Waals surface area contributed by atoms with Gasteiger partial charge in [0.2, 0.25) is 0 Å². The van der Waals surface area contributed by atoms with Crippen LogP contribution in [0.4, 0.5) is 0 Å². The fourth-order valence-electron chi connectivity index (χ4n) is 2.87. The molecule has 3 nitrogen and oxygen atoms in total. The molecule has 3 heteroatoms. The highest BCUT2D eigenvalue weighted by atomic mass is 16.3. The lowest BCUT2D eigenvalue weighted by Crippen LogP contribution is -2.39. The zero-order chi connectivity index (χ0) is 14.0. The van der Waals surface area contributed by atoms with Crippen LogP contribution < -0.4 is 0 Å². The molecule has 1 fully saturated rings. The zero-order valence-corrected chi connectivity index (χ0v) is 12.0. The predicted molar refractivity (Wildman–Crippen MR) is 76.4 cm³/mol. The van der Waals surface area contributed by atoms with Crippen LogP contribution in [0, 0.1) is 12.8 Å². The van der Waals surface area contributed by atoms with Gasteiger partial charge in [-0.2, -0.15) is 0 Å². The van der Waals surface area contributed by atoms with Crippen LogP contribution in [-0.2, 0) is 0 Å². The largest absolute Gasteiger partial charge is 0.508 e. The van der Waals surface area contributed by atoms with Gasteiger partial charge in [-0.05, 0) is 62.3 Å². The SMILES string of the molecule is Cc1cc(O)ccc1C(=O)N(C)C1CCC(C)CC1. The summed E-state index contributed by atoms with van der Waals surface area (Å²) in [4.78, 5) is 14.4. The predicted octanol–water partition coefficient (Wildman–Crippen LogP) is 3.35. The van der Waals surface area contributed by atoms with E-state index in [1.807, 2.05) is 18.9 Å². The molecule has 0 unspecified atom stereocenters. The van der Waals surface area contributed by atoms with Crippen molar-refractivity contribution in [2.75, 3.05) is 7.05 Å². The molecule has 1 aliphatic rings. The molecule has 1 aliphatic carbocycles. The summed E-state index contributed by atoms with van der Waals surface area (Å²) in [6, 6.07) is 5.30. The number of benzene rings is 1. The Kier molecular flexibility index (Phi) is 4.13. The second kappa shape index (κ2) is 5.64. The summed E-state index contributed by atoms with van der Waals surface area (Å²) in [5, 5.41) is 9.41. The van der Waals surface area contributed by atoms with Gasteiger partial charge < -0.3 is 10.0 Å². The van der Waals surface area contributed by atoms with E-state index in [9.17, 15) is 9.90 Å². The Labute approximate surface area is 115 Å². The number of aryl methyl sites for hydroxylation is 1. The number of hydrogen-bond acceptors (Lipinski definition) is 2. The number of amides is 1. The highest BCUT2D eigenvalue weighted by Crippen LogP contribution is 2.28. The lowest BCUT2D eigenvalue weighted by Gasteiger charge is -2.34. The highest BCUT2D eigenvalue weighted by Gasteiger charge is 2.26. The monoisotopic (exact) mass is 261 g/mol. The first-order chi connectivity index (χ1) is 8.99. The summed E-state index contributed by atoms with van der Waals surface area (Å²) in [5.74, 6) is 1.07. The van der Waals surface area contributed by atoms with Gasteiger partial charge in [-0.1, -0.05) is 6.92 Å². The molecule has 1 aromatic rings. The maximum absolute atomic E-state index is 12.5. The third-order valence-corrected chi connectivity index (χ3v) is 4.29. The van der Waals surface area contributed by atoms with Gasteiger partial charge in [-0.25, -0.2) is 0 Å². The average Bonchev–Trinajstić information content (AvgIpc) is 2.38. The fourth-order valence-corrected chi connectivity index (χ4v) is 2.87. The molecule has 0 radical (unpaired) electrons. The zero-order valence-electron chi connectivity index (χ0n) is 12.0. The van der Waals surface area contributed by atoms with Gasteiger partial charge >= 0.3 is 0 Å². The lowest BCUT2D eigenvalue weighted by atomic mass is 9.86. The summed E-state index contributed by atoms with van der Waals surface area (Å²) < 4.78 is 0. The molecule has 2 rings (SSSR count). The molecule has 1 aromatic carbocycles. The molecule has 0 bridgehead atoms. The molecule has 0 saturated heterocycles. The first-order valence-electron chi connectivity index (χ1n) is 7.06. The van der Waals surface area contributed by atoms with E-state index in [1.165, 1.54) is 12.8 Å². The molecule has 19 heavy (non-hydrogen) atoms. The number of carbonyl (C=O) groups is 1. The smallest absolute Gasteiger partial charge is 0.254 e. The first-order valence-corrected chi connectivity index (χ1v) is 7.06. The first kappa shape index (κ1) is 13.9. The molecular weight excluding hydrogens is 238 g/mol. The Balaban J connectivity index is 2.10. The molecule has 0 spiro atoms. The number of aromatic hydroxyl groups is 1. The maximum atomic E-state index is 12.5. The molecule has 104 valence electrons. The van der Waals surface area contributed by atoms with Gasteiger partial charge in [0.15, 0.2) is 0 Å². The van der Waals surface area contributed by atoms with Gasteiger partial charge in [0.1, 0.15) is 5.75 Å². The van der Waals surface area contributed by atoms with Crippen LogP contribution in [0.25, 0.3) is 0 Å². The van der Waals surface area contributed by atoms with Crippen LogP contribution in [0.1, 0.15) is 48.5 Å². The van der Waals surface area contributed by atoms with E-state index < -0.39 is 0 Å². The van der Waals surface area contributed by atoms with Gasteiger partial charge in [0.25, 0.3) is 5.91 Å². The van der Waals surface area contributed by atoms with Crippen molar-refractivity contribution < 1.29 is 9.90 Å². The van der Waals surface area contributed by atoms with E-state index in [0.717, 1.165) is 24.3 Å². The minimum absolute atomic E-state index is 0.0667. The Morgan fingerprint density at radius 1 is 1.26 bits per heavy atom. The number of carbonyl (C=O) groups excluding carboxylic acids is 1. The number of nitrogens with zero attached hydrogens (tertiary/aromatic N) is 1. The second-order valence-electron chi connectivity index (χ2n) is 5.83. The van der Waals surface area contributed by atoms with Crippen molar-refractivity contribution in [1.82, 2.24) is 4.90 Å². The fraction of sp³-hybridized carbons (Fsp3) is 0.562. The Bertz CT molecular complexity index is 462. The molecule has 0 aromatic heterocycles. The van der Waals surface area contributed by atoms with Crippen LogP contribution in [0.3, 0.4) is 0 Å². The van der Waals surface area contributed by atoms with E-state index in [0.29, 0.717) is 11.6 Å². The minimum Gasteiger partial charge on any atom is -0.508 e. The quantitative estimate of drug-likeness (QED) is 0.887. The van der Waals surface area contributed by atoms with Crippen molar-refractivity contribution in [2.45, 2.75) is 45.6 Å². The van der Waals surface area contributed by atoms with E-state index in [1.54, 1.807) is 18.2 Å². The molecule has 0 atom stereocenters. The van der Waals surface area contributed by atoms with E-state index >= 15 is 0 Å². The standard InChI is InChI=1S/C16H23NO2/c1-11-4-6-13(7-5-11)17(3)16(19)15-9-8-14(18)10-12(15)2/h8-11,13,18H,4-7H2,1-3H3. The molecule has 0 heterocycles. The van der Waals surface area contributed by atoms with E-state index in [-0.39, 0.29) is 11.7 Å². The Morgan fingerprint density at radius 3 is 2.47 bits per heavy atom. The average molecular weight is 261 g/mol. The number of phenolic OH excluding ortho intramolecular Hbond substituents is 1.